The second-order valence-corrected chi connectivity index (χ2v) is 6.00. The first-order valence-electron chi connectivity index (χ1n) is 8.03. The summed E-state index contributed by atoms with van der Waals surface area (Å²) in [7, 11) is 1.75. The number of H-pyrrole nitrogens is 1. The number of anilines is 1. The number of hydrogen-bond acceptors (Lipinski definition) is 6. The largest absolute Gasteiger partial charge is 0.387 e. The SMILES string of the molecule is CNc1ccc(C(=O)N2CCC(Cc3nn[nH]n3)C(F)(F)CC2)nc1. The molecule has 134 valence electrons. The Labute approximate surface area is 143 Å². The van der Waals surface area contributed by atoms with Gasteiger partial charge in [-0.1, -0.05) is 5.21 Å². The van der Waals surface area contributed by atoms with Gasteiger partial charge < -0.3 is 10.2 Å². The molecular weight excluding hydrogens is 332 g/mol. The molecule has 2 aromatic rings. The van der Waals surface area contributed by atoms with E-state index in [4.69, 9.17) is 0 Å². The van der Waals surface area contributed by atoms with Crippen LogP contribution < -0.4 is 5.32 Å². The van der Waals surface area contributed by atoms with Crippen LogP contribution in [0.3, 0.4) is 0 Å². The smallest absolute Gasteiger partial charge is 0.272 e. The van der Waals surface area contributed by atoms with Gasteiger partial charge in [-0.15, -0.1) is 10.2 Å². The molecule has 0 bridgehead atoms. The molecule has 3 heterocycles. The molecule has 1 saturated heterocycles. The summed E-state index contributed by atoms with van der Waals surface area (Å²) >= 11 is 0. The number of pyridine rings is 1. The predicted octanol–water partition coefficient (Wildman–Crippen LogP) is 1.37. The van der Waals surface area contributed by atoms with Crippen molar-refractivity contribution in [3.63, 3.8) is 0 Å². The van der Waals surface area contributed by atoms with Crippen molar-refractivity contribution in [3.05, 3.63) is 29.8 Å². The Kier molecular flexibility index (Phi) is 4.86. The number of carbonyl (C=O) groups excluding carboxylic acids is 1. The molecule has 1 aliphatic rings. The lowest BCUT2D eigenvalue weighted by Gasteiger charge is -2.22. The molecule has 1 unspecified atom stereocenters. The molecule has 1 atom stereocenters. The number of aromatic amines is 1. The highest BCUT2D eigenvalue weighted by Gasteiger charge is 2.43. The third-order valence-electron chi connectivity index (χ3n) is 4.44. The van der Waals surface area contributed by atoms with Crippen LogP contribution in [0.4, 0.5) is 14.5 Å². The lowest BCUT2D eigenvalue weighted by Crippen LogP contribution is -2.33. The standard InChI is InChI=1S/C15H19F2N7O/c1-18-11-2-3-12(19-9-11)14(25)24-6-4-10(15(16,17)5-7-24)8-13-20-22-23-21-13/h2-3,9-10,18H,4-8H2,1H3,(H,20,21,22,23). The van der Waals surface area contributed by atoms with E-state index in [2.05, 4.69) is 30.9 Å². The van der Waals surface area contributed by atoms with Gasteiger partial charge in [0.25, 0.3) is 11.8 Å². The maximum atomic E-state index is 14.4. The number of rotatable bonds is 4. The van der Waals surface area contributed by atoms with Crippen LogP contribution in [-0.2, 0) is 6.42 Å². The molecule has 25 heavy (non-hydrogen) atoms. The first-order chi connectivity index (χ1) is 12.0. The number of nitrogens with zero attached hydrogens (tertiary/aromatic N) is 5. The van der Waals surface area contributed by atoms with Gasteiger partial charge in [0, 0.05) is 38.9 Å². The second-order valence-electron chi connectivity index (χ2n) is 6.00. The first kappa shape index (κ1) is 17.2. The maximum absolute atomic E-state index is 14.4. The highest BCUT2D eigenvalue weighted by molar-refractivity contribution is 5.92. The van der Waals surface area contributed by atoms with Crippen molar-refractivity contribution in [2.24, 2.45) is 5.92 Å². The number of halogens is 2. The summed E-state index contributed by atoms with van der Waals surface area (Å²) in [5.74, 6) is -3.89. The van der Waals surface area contributed by atoms with Crippen molar-refractivity contribution in [1.29, 1.82) is 0 Å². The number of nitrogens with one attached hydrogen (secondary N) is 2. The van der Waals surface area contributed by atoms with E-state index >= 15 is 0 Å². The topological polar surface area (TPSA) is 99.7 Å². The van der Waals surface area contributed by atoms with E-state index in [9.17, 15) is 13.6 Å². The monoisotopic (exact) mass is 351 g/mol. The van der Waals surface area contributed by atoms with E-state index in [0.29, 0.717) is 0 Å². The number of aromatic nitrogens is 5. The molecular formula is C15H19F2N7O. The van der Waals surface area contributed by atoms with Gasteiger partial charge in [-0.05, 0) is 18.6 Å². The molecule has 10 heteroatoms. The zero-order valence-electron chi connectivity index (χ0n) is 13.7. The van der Waals surface area contributed by atoms with E-state index in [0.717, 1.165) is 5.69 Å². The molecule has 8 nitrogen and oxygen atoms in total. The van der Waals surface area contributed by atoms with Crippen LogP contribution in [-0.4, -0.2) is 62.5 Å². The predicted molar refractivity (Wildman–Crippen MR) is 85.2 cm³/mol. The zero-order valence-corrected chi connectivity index (χ0v) is 13.7. The number of likely N-dealkylation sites (tertiary alicyclic amines) is 1. The molecule has 0 saturated carbocycles. The zero-order chi connectivity index (χ0) is 17.9. The van der Waals surface area contributed by atoms with Gasteiger partial charge in [-0.2, -0.15) is 5.21 Å². The Morgan fingerprint density at radius 3 is 2.92 bits per heavy atom. The van der Waals surface area contributed by atoms with Crippen LogP contribution in [0.2, 0.25) is 0 Å². The van der Waals surface area contributed by atoms with Gasteiger partial charge >= 0.3 is 0 Å². The molecule has 3 rings (SSSR count). The minimum absolute atomic E-state index is 0.00988. The average molecular weight is 351 g/mol. The van der Waals surface area contributed by atoms with Gasteiger partial charge in [0.05, 0.1) is 11.9 Å². The van der Waals surface area contributed by atoms with Crippen molar-refractivity contribution in [2.75, 3.05) is 25.5 Å². The minimum atomic E-state index is -2.89. The van der Waals surface area contributed by atoms with Gasteiger partial charge in [0.15, 0.2) is 5.82 Å². The summed E-state index contributed by atoms with van der Waals surface area (Å²) < 4.78 is 28.8. The van der Waals surface area contributed by atoms with Gasteiger partial charge in [-0.25, -0.2) is 13.8 Å². The number of alkyl halides is 2. The van der Waals surface area contributed by atoms with E-state index in [1.807, 2.05) is 0 Å². The molecule has 0 aliphatic carbocycles. The highest BCUT2D eigenvalue weighted by atomic mass is 19.3. The maximum Gasteiger partial charge on any atom is 0.272 e. The number of amides is 1. The van der Waals surface area contributed by atoms with E-state index in [1.54, 1.807) is 25.4 Å². The van der Waals surface area contributed by atoms with E-state index in [-0.39, 0.29) is 43.4 Å². The Bertz CT molecular complexity index is 705. The molecule has 2 N–H and O–H groups in total. The van der Waals surface area contributed by atoms with Gasteiger partial charge in [0.2, 0.25) is 0 Å². The van der Waals surface area contributed by atoms with Gasteiger partial charge in [0.1, 0.15) is 5.69 Å². The number of hydrogen-bond donors (Lipinski definition) is 2. The number of tetrazole rings is 1. The third kappa shape index (κ3) is 3.89. The third-order valence-corrected chi connectivity index (χ3v) is 4.44. The first-order valence-corrected chi connectivity index (χ1v) is 8.03. The normalized spacial score (nSPS) is 20.1. The molecule has 0 aromatic carbocycles. The summed E-state index contributed by atoms with van der Waals surface area (Å²) in [6, 6.07) is 3.32. The summed E-state index contributed by atoms with van der Waals surface area (Å²) in [5, 5.41) is 16.1. The van der Waals surface area contributed by atoms with Crippen LogP contribution >= 0.6 is 0 Å². The average Bonchev–Trinajstić information content (AvgIpc) is 3.08. The van der Waals surface area contributed by atoms with Crippen molar-refractivity contribution in [2.45, 2.75) is 25.2 Å². The Morgan fingerprint density at radius 2 is 2.28 bits per heavy atom. The van der Waals surface area contributed by atoms with Crippen molar-refractivity contribution in [1.82, 2.24) is 30.5 Å². The van der Waals surface area contributed by atoms with Crippen LogP contribution in [0.15, 0.2) is 18.3 Å². The van der Waals surface area contributed by atoms with E-state index < -0.39 is 18.3 Å². The van der Waals surface area contributed by atoms with Crippen molar-refractivity contribution in [3.8, 4) is 0 Å². The number of carbonyl (C=O) groups is 1. The van der Waals surface area contributed by atoms with Crippen molar-refractivity contribution >= 4 is 11.6 Å². The van der Waals surface area contributed by atoms with Crippen LogP contribution in [0.5, 0.6) is 0 Å². The summed E-state index contributed by atoms with van der Waals surface area (Å²) in [5.41, 5.74) is 1.03. The molecule has 1 aliphatic heterocycles. The van der Waals surface area contributed by atoms with Crippen LogP contribution in [0, 0.1) is 5.92 Å². The second kappa shape index (κ2) is 7.08. The molecule has 0 spiro atoms. The van der Waals surface area contributed by atoms with E-state index in [1.165, 1.54) is 4.90 Å². The molecule has 2 aromatic heterocycles. The molecule has 1 amide bonds. The highest BCUT2D eigenvalue weighted by Crippen LogP contribution is 2.35. The summed E-state index contributed by atoms with van der Waals surface area (Å²) in [6.07, 6.45) is 1.34. The Hall–Kier alpha value is -2.65. The quantitative estimate of drug-likeness (QED) is 0.863. The fourth-order valence-corrected chi connectivity index (χ4v) is 2.90. The Balaban J connectivity index is 1.69. The van der Waals surface area contributed by atoms with Crippen LogP contribution in [0.1, 0.15) is 29.2 Å². The van der Waals surface area contributed by atoms with Crippen molar-refractivity contribution < 1.29 is 13.6 Å². The fraction of sp³-hybridized carbons (Fsp3) is 0.533. The van der Waals surface area contributed by atoms with Gasteiger partial charge in [-0.3, -0.25) is 4.79 Å². The molecule has 1 fully saturated rings. The summed E-state index contributed by atoms with van der Waals surface area (Å²) in [4.78, 5) is 18.1. The molecule has 0 radical (unpaired) electrons. The lowest BCUT2D eigenvalue weighted by atomic mass is 9.93. The minimum Gasteiger partial charge on any atom is -0.387 e. The Morgan fingerprint density at radius 1 is 1.44 bits per heavy atom. The summed E-state index contributed by atoms with van der Waals surface area (Å²) in [6.45, 7) is 0.233. The fourth-order valence-electron chi connectivity index (χ4n) is 2.90. The lowest BCUT2D eigenvalue weighted by molar-refractivity contribution is -0.0614. The van der Waals surface area contributed by atoms with Crippen LogP contribution in [0.25, 0.3) is 0 Å².